The standard InChI is InChI=1S/C18H19N3O4/c1-8-14-12(21-17(23)15(8)14)7-25-18-10-6-13(24-2)11(16(19)22)5-9(10)3-4-20-18/h3-6,8,12,14-15H,7H2,1-2H3,(H2,19,22)(H,21,23)/t8-,12+,14+,15+/m0/s1. The smallest absolute Gasteiger partial charge is 0.252 e. The fraction of sp³-hybridized carbons (Fsp3) is 0.389. The van der Waals surface area contributed by atoms with Crippen molar-refractivity contribution in [1.29, 1.82) is 0 Å². The Labute approximate surface area is 144 Å². The average molecular weight is 341 g/mol. The zero-order valence-corrected chi connectivity index (χ0v) is 14.0. The van der Waals surface area contributed by atoms with Crippen molar-refractivity contribution in [2.24, 2.45) is 23.5 Å². The molecule has 0 spiro atoms. The molecule has 1 saturated heterocycles. The number of hydrogen-bond donors (Lipinski definition) is 2. The minimum Gasteiger partial charge on any atom is -0.496 e. The number of benzene rings is 1. The Morgan fingerprint density at radius 1 is 1.40 bits per heavy atom. The normalized spacial score (nSPS) is 26.9. The number of piperidine rings is 1. The van der Waals surface area contributed by atoms with Crippen LogP contribution in [0.15, 0.2) is 24.4 Å². The van der Waals surface area contributed by atoms with Crippen molar-refractivity contribution in [1.82, 2.24) is 10.3 Å². The highest BCUT2D eigenvalue weighted by atomic mass is 16.5. The lowest BCUT2D eigenvalue weighted by Gasteiger charge is -2.16. The first-order valence-electron chi connectivity index (χ1n) is 8.21. The Balaban J connectivity index is 1.61. The third kappa shape index (κ3) is 2.47. The number of methoxy groups -OCH3 is 1. The number of nitrogens with two attached hydrogens (primary N) is 1. The van der Waals surface area contributed by atoms with Gasteiger partial charge in [0.05, 0.1) is 18.7 Å². The van der Waals surface area contributed by atoms with Gasteiger partial charge in [-0.1, -0.05) is 6.92 Å². The summed E-state index contributed by atoms with van der Waals surface area (Å²) in [5, 5.41) is 4.49. The van der Waals surface area contributed by atoms with Crippen molar-refractivity contribution in [3.8, 4) is 11.6 Å². The van der Waals surface area contributed by atoms with Crippen LogP contribution < -0.4 is 20.5 Å². The lowest BCUT2D eigenvalue weighted by Crippen LogP contribution is -2.36. The van der Waals surface area contributed by atoms with E-state index in [1.807, 2.05) is 0 Å². The van der Waals surface area contributed by atoms with E-state index in [0.29, 0.717) is 35.6 Å². The molecule has 1 saturated carbocycles. The van der Waals surface area contributed by atoms with E-state index >= 15 is 0 Å². The summed E-state index contributed by atoms with van der Waals surface area (Å²) >= 11 is 0. The van der Waals surface area contributed by atoms with Crippen LogP contribution in [0.1, 0.15) is 17.3 Å². The first-order valence-corrected chi connectivity index (χ1v) is 8.21. The number of fused-ring (bicyclic) bond motifs is 2. The summed E-state index contributed by atoms with van der Waals surface area (Å²) in [5.41, 5.74) is 5.71. The molecule has 2 heterocycles. The summed E-state index contributed by atoms with van der Waals surface area (Å²) < 4.78 is 11.2. The number of nitrogens with one attached hydrogen (secondary N) is 1. The Morgan fingerprint density at radius 3 is 2.84 bits per heavy atom. The maximum absolute atomic E-state index is 11.8. The summed E-state index contributed by atoms with van der Waals surface area (Å²) in [6.07, 6.45) is 1.62. The van der Waals surface area contributed by atoms with Crippen LogP contribution in [0.4, 0.5) is 0 Å². The molecule has 0 unspecified atom stereocenters. The summed E-state index contributed by atoms with van der Waals surface area (Å²) in [7, 11) is 1.48. The predicted octanol–water partition coefficient (Wildman–Crippen LogP) is 1.10. The Bertz CT molecular complexity index is 882. The molecule has 1 aromatic heterocycles. The maximum atomic E-state index is 11.8. The van der Waals surface area contributed by atoms with Gasteiger partial charge >= 0.3 is 0 Å². The number of hydrogen-bond acceptors (Lipinski definition) is 5. The first-order chi connectivity index (χ1) is 12.0. The first kappa shape index (κ1) is 15.7. The van der Waals surface area contributed by atoms with E-state index < -0.39 is 5.91 Å². The molecule has 2 fully saturated rings. The van der Waals surface area contributed by atoms with Crippen molar-refractivity contribution in [2.45, 2.75) is 13.0 Å². The largest absolute Gasteiger partial charge is 0.496 e. The highest BCUT2D eigenvalue weighted by Crippen LogP contribution is 2.52. The molecule has 3 N–H and O–H groups in total. The molecule has 25 heavy (non-hydrogen) atoms. The average Bonchev–Trinajstić information content (AvgIpc) is 3.15. The highest BCUT2D eigenvalue weighted by molar-refractivity contribution is 6.01. The van der Waals surface area contributed by atoms with Crippen LogP contribution in [0.2, 0.25) is 0 Å². The molecule has 1 aliphatic carbocycles. The van der Waals surface area contributed by atoms with E-state index in [1.54, 1.807) is 24.4 Å². The van der Waals surface area contributed by atoms with Crippen LogP contribution in [0.3, 0.4) is 0 Å². The van der Waals surface area contributed by atoms with Gasteiger partial charge in [-0.25, -0.2) is 4.98 Å². The molecule has 2 aromatic rings. The summed E-state index contributed by atoms with van der Waals surface area (Å²) in [4.78, 5) is 27.7. The van der Waals surface area contributed by atoms with Crippen LogP contribution in [0, 0.1) is 17.8 Å². The molecule has 1 aliphatic heterocycles. The van der Waals surface area contributed by atoms with E-state index in [4.69, 9.17) is 15.2 Å². The molecule has 4 rings (SSSR count). The van der Waals surface area contributed by atoms with E-state index in [0.717, 1.165) is 10.8 Å². The molecule has 7 heteroatoms. The monoisotopic (exact) mass is 341 g/mol. The minimum atomic E-state index is -0.555. The Hall–Kier alpha value is -2.83. The van der Waals surface area contributed by atoms with Gasteiger partial charge in [-0.3, -0.25) is 9.59 Å². The van der Waals surface area contributed by atoms with Crippen LogP contribution in [-0.2, 0) is 4.79 Å². The molecule has 7 nitrogen and oxygen atoms in total. The zero-order chi connectivity index (χ0) is 17.7. The summed E-state index contributed by atoms with van der Waals surface area (Å²) in [5.74, 6) is 1.28. The number of nitrogens with zero attached hydrogens (tertiary/aromatic N) is 1. The van der Waals surface area contributed by atoms with Crippen LogP contribution in [0.5, 0.6) is 11.6 Å². The zero-order valence-electron chi connectivity index (χ0n) is 14.0. The molecule has 0 bridgehead atoms. The van der Waals surface area contributed by atoms with E-state index in [2.05, 4.69) is 17.2 Å². The molecule has 0 radical (unpaired) electrons. The molecule has 2 amide bonds. The second kappa shape index (κ2) is 5.61. The second-order valence-corrected chi connectivity index (χ2v) is 6.64. The van der Waals surface area contributed by atoms with Crippen molar-refractivity contribution in [2.75, 3.05) is 13.7 Å². The second-order valence-electron chi connectivity index (χ2n) is 6.64. The highest BCUT2D eigenvalue weighted by Gasteiger charge is 2.61. The lowest BCUT2D eigenvalue weighted by molar-refractivity contribution is -0.121. The van der Waals surface area contributed by atoms with Crippen LogP contribution >= 0.6 is 0 Å². The third-order valence-corrected chi connectivity index (χ3v) is 5.26. The van der Waals surface area contributed by atoms with Crippen LogP contribution in [-0.4, -0.2) is 36.6 Å². The lowest BCUT2D eigenvalue weighted by atomic mass is 10.1. The van der Waals surface area contributed by atoms with Gasteiger partial charge in [-0.2, -0.15) is 0 Å². The van der Waals surface area contributed by atoms with E-state index in [1.165, 1.54) is 7.11 Å². The van der Waals surface area contributed by atoms with Gasteiger partial charge < -0.3 is 20.5 Å². The van der Waals surface area contributed by atoms with Crippen molar-refractivity contribution in [3.63, 3.8) is 0 Å². The van der Waals surface area contributed by atoms with Gasteiger partial charge in [-0.05, 0) is 35.4 Å². The SMILES string of the molecule is COc1cc2c(OC[C@H]3NC(=O)[C@@H]4[C@@H](C)[C@@H]43)nccc2cc1C(N)=O. The third-order valence-electron chi connectivity index (χ3n) is 5.26. The van der Waals surface area contributed by atoms with Crippen LogP contribution in [0.25, 0.3) is 10.8 Å². The van der Waals surface area contributed by atoms with Gasteiger partial charge in [-0.15, -0.1) is 0 Å². The number of aromatic nitrogens is 1. The number of pyridine rings is 1. The van der Waals surface area contributed by atoms with Gasteiger partial charge in [0.2, 0.25) is 11.8 Å². The fourth-order valence-electron chi connectivity index (χ4n) is 3.87. The molecule has 4 atom stereocenters. The van der Waals surface area contributed by atoms with Gasteiger partial charge in [0.1, 0.15) is 12.4 Å². The van der Waals surface area contributed by atoms with Gasteiger partial charge in [0.15, 0.2) is 0 Å². The quantitative estimate of drug-likeness (QED) is 0.848. The Morgan fingerprint density at radius 2 is 2.20 bits per heavy atom. The van der Waals surface area contributed by atoms with Gasteiger partial charge in [0, 0.05) is 17.5 Å². The molecular weight excluding hydrogens is 322 g/mol. The summed E-state index contributed by atoms with van der Waals surface area (Å²) in [6, 6.07) is 5.16. The number of carbonyl (C=O) groups is 2. The molecule has 2 aliphatic rings. The maximum Gasteiger partial charge on any atom is 0.252 e. The Kier molecular flexibility index (Phi) is 3.52. The molecule has 1 aromatic carbocycles. The van der Waals surface area contributed by atoms with Crippen molar-refractivity contribution < 1.29 is 19.1 Å². The number of amides is 2. The predicted molar refractivity (Wildman–Crippen MR) is 90.4 cm³/mol. The topological polar surface area (TPSA) is 104 Å². The van der Waals surface area contributed by atoms with Gasteiger partial charge in [0.25, 0.3) is 5.91 Å². The number of ether oxygens (including phenoxy) is 2. The van der Waals surface area contributed by atoms with E-state index in [9.17, 15) is 9.59 Å². The van der Waals surface area contributed by atoms with E-state index in [-0.39, 0.29) is 17.9 Å². The van der Waals surface area contributed by atoms with Crippen molar-refractivity contribution in [3.05, 3.63) is 30.0 Å². The summed E-state index contributed by atoms with van der Waals surface area (Å²) in [6.45, 7) is 2.46. The minimum absolute atomic E-state index is 0.0105. The molecular formula is C18H19N3O4. The number of carbonyl (C=O) groups excluding carboxylic acids is 2. The fourth-order valence-corrected chi connectivity index (χ4v) is 3.87. The number of rotatable bonds is 5. The van der Waals surface area contributed by atoms with Crippen molar-refractivity contribution >= 4 is 22.6 Å². The molecule has 130 valence electrons. The number of primary amides is 1.